The summed E-state index contributed by atoms with van der Waals surface area (Å²) in [5.74, 6) is 3.65. The largest absolute Gasteiger partial charge is 0.494 e. The number of rotatable bonds is 19. The highest BCUT2D eigenvalue weighted by atomic mass is 16.5. The zero-order valence-electron chi connectivity index (χ0n) is 26.7. The third-order valence-electron chi connectivity index (χ3n) is 9.34. The Morgan fingerprint density at radius 1 is 0.595 bits per heavy atom. The van der Waals surface area contributed by atoms with E-state index in [1.54, 1.807) is 0 Å². The van der Waals surface area contributed by atoms with Crippen LogP contribution in [-0.4, -0.2) is 16.6 Å². The molecule has 3 aromatic rings. The number of aromatic nitrogens is 2. The molecule has 0 N–H and O–H groups in total. The number of benzene rings is 2. The summed E-state index contributed by atoms with van der Waals surface area (Å²) in [4.78, 5) is 9.32. The first-order chi connectivity index (χ1) is 20.8. The summed E-state index contributed by atoms with van der Waals surface area (Å²) in [7, 11) is 0. The van der Waals surface area contributed by atoms with E-state index in [4.69, 9.17) is 4.74 Å². The standard InChI is InChI=1S/C39H56N2O/c1-3-5-7-8-9-10-12-16-32-30-40-39(41-31-32)37-23-21-35(22-24-37)36-25-27-38(28-26-36)42-29-15-20-34-19-14-13-18-33(34)17-11-6-4-2/h21-28,30-31,33-34H,3-20,29H2,1-2H3. The Balaban J connectivity index is 1.18. The second kappa shape index (κ2) is 18.8. The van der Waals surface area contributed by atoms with E-state index < -0.39 is 0 Å². The highest BCUT2D eigenvalue weighted by Gasteiger charge is 2.24. The molecular formula is C39H56N2O. The average molecular weight is 569 g/mol. The van der Waals surface area contributed by atoms with Gasteiger partial charge in [0.15, 0.2) is 5.82 Å². The fourth-order valence-corrected chi connectivity index (χ4v) is 6.71. The number of unbranched alkanes of at least 4 members (excludes halogenated alkanes) is 8. The van der Waals surface area contributed by atoms with Gasteiger partial charge in [-0.2, -0.15) is 0 Å². The van der Waals surface area contributed by atoms with Crippen molar-refractivity contribution < 1.29 is 4.74 Å². The Bertz CT molecular complexity index is 1110. The van der Waals surface area contributed by atoms with E-state index in [0.717, 1.165) is 42.0 Å². The first-order valence-electron chi connectivity index (χ1n) is 17.4. The number of hydrogen-bond donors (Lipinski definition) is 0. The predicted molar refractivity (Wildman–Crippen MR) is 179 cm³/mol. The van der Waals surface area contributed by atoms with E-state index in [2.05, 4.69) is 72.3 Å². The van der Waals surface area contributed by atoms with Gasteiger partial charge in [-0.05, 0) is 66.3 Å². The lowest BCUT2D eigenvalue weighted by molar-refractivity contribution is 0.190. The summed E-state index contributed by atoms with van der Waals surface area (Å²) in [6.07, 6.45) is 28.3. The molecule has 2 aromatic carbocycles. The van der Waals surface area contributed by atoms with Gasteiger partial charge < -0.3 is 4.74 Å². The lowest BCUT2D eigenvalue weighted by atomic mass is 9.74. The number of ether oxygens (including phenoxy) is 1. The van der Waals surface area contributed by atoms with Crippen LogP contribution in [0, 0.1) is 11.8 Å². The molecule has 4 rings (SSSR count). The number of hydrogen-bond acceptors (Lipinski definition) is 3. The maximum Gasteiger partial charge on any atom is 0.159 e. The predicted octanol–water partition coefficient (Wildman–Crippen LogP) is 11.6. The Labute approximate surface area is 256 Å². The quantitative estimate of drug-likeness (QED) is 0.135. The molecule has 0 amide bonds. The lowest BCUT2D eigenvalue weighted by Crippen LogP contribution is -2.20. The Hall–Kier alpha value is -2.68. The zero-order chi connectivity index (χ0) is 29.2. The molecule has 2 unspecified atom stereocenters. The smallest absolute Gasteiger partial charge is 0.159 e. The van der Waals surface area contributed by atoms with Crippen LogP contribution in [0.25, 0.3) is 22.5 Å². The van der Waals surface area contributed by atoms with Gasteiger partial charge in [0.05, 0.1) is 6.61 Å². The molecule has 3 heteroatoms. The molecule has 1 heterocycles. The molecule has 0 saturated heterocycles. The lowest BCUT2D eigenvalue weighted by Gasteiger charge is -2.31. The summed E-state index contributed by atoms with van der Waals surface area (Å²) in [5, 5.41) is 0. The van der Waals surface area contributed by atoms with Gasteiger partial charge >= 0.3 is 0 Å². The minimum Gasteiger partial charge on any atom is -0.494 e. The molecule has 228 valence electrons. The van der Waals surface area contributed by atoms with E-state index in [0.29, 0.717) is 0 Å². The molecule has 2 atom stereocenters. The highest BCUT2D eigenvalue weighted by Crippen LogP contribution is 2.36. The van der Waals surface area contributed by atoms with E-state index >= 15 is 0 Å². The Morgan fingerprint density at radius 2 is 1.12 bits per heavy atom. The molecule has 0 spiro atoms. The second-order valence-electron chi connectivity index (χ2n) is 12.7. The van der Waals surface area contributed by atoms with Crippen molar-refractivity contribution >= 4 is 0 Å². The average Bonchev–Trinajstić information content (AvgIpc) is 3.04. The molecular weight excluding hydrogens is 512 g/mol. The molecule has 1 fully saturated rings. The van der Waals surface area contributed by atoms with Crippen molar-refractivity contribution in [2.24, 2.45) is 11.8 Å². The summed E-state index contributed by atoms with van der Waals surface area (Å²) in [6.45, 7) is 5.41. The van der Waals surface area contributed by atoms with Crippen LogP contribution < -0.4 is 4.74 Å². The maximum absolute atomic E-state index is 6.14. The van der Waals surface area contributed by atoms with E-state index in [-0.39, 0.29) is 0 Å². The van der Waals surface area contributed by atoms with Gasteiger partial charge in [-0.25, -0.2) is 9.97 Å². The van der Waals surface area contributed by atoms with E-state index in [9.17, 15) is 0 Å². The Morgan fingerprint density at radius 3 is 1.76 bits per heavy atom. The molecule has 1 aliphatic carbocycles. The zero-order valence-corrected chi connectivity index (χ0v) is 26.7. The van der Waals surface area contributed by atoms with Crippen LogP contribution in [0.4, 0.5) is 0 Å². The van der Waals surface area contributed by atoms with Crippen LogP contribution in [0.5, 0.6) is 5.75 Å². The van der Waals surface area contributed by atoms with Gasteiger partial charge in [0.1, 0.15) is 5.75 Å². The maximum atomic E-state index is 6.14. The first kappa shape index (κ1) is 32.2. The summed E-state index contributed by atoms with van der Waals surface area (Å²) in [6, 6.07) is 17.2. The van der Waals surface area contributed by atoms with Crippen LogP contribution >= 0.6 is 0 Å². The van der Waals surface area contributed by atoms with Crippen molar-refractivity contribution in [1.29, 1.82) is 0 Å². The van der Waals surface area contributed by atoms with Crippen molar-refractivity contribution in [3.05, 3.63) is 66.5 Å². The highest BCUT2D eigenvalue weighted by molar-refractivity contribution is 5.68. The second-order valence-corrected chi connectivity index (χ2v) is 12.7. The SMILES string of the molecule is CCCCCCCCCc1cnc(-c2ccc(-c3ccc(OCCCC4CCCCC4CCCCC)cc3)cc2)nc1. The molecule has 3 nitrogen and oxygen atoms in total. The van der Waals surface area contributed by atoms with Gasteiger partial charge in [-0.3, -0.25) is 0 Å². The van der Waals surface area contributed by atoms with Crippen LogP contribution in [-0.2, 0) is 6.42 Å². The summed E-state index contributed by atoms with van der Waals surface area (Å²) in [5.41, 5.74) is 4.71. The molecule has 1 saturated carbocycles. The minimum atomic E-state index is 0.800. The minimum absolute atomic E-state index is 0.800. The molecule has 1 aliphatic rings. The van der Waals surface area contributed by atoms with Gasteiger partial charge in [0, 0.05) is 18.0 Å². The molecule has 0 radical (unpaired) electrons. The van der Waals surface area contributed by atoms with Gasteiger partial charge in [0.2, 0.25) is 0 Å². The summed E-state index contributed by atoms with van der Waals surface area (Å²) < 4.78 is 6.14. The van der Waals surface area contributed by atoms with Crippen LogP contribution in [0.3, 0.4) is 0 Å². The van der Waals surface area contributed by atoms with Crippen LogP contribution in [0.15, 0.2) is 60.9 Å². The third-order valence-corrected chi connectivity index (χ3v) is 9.34. The van der Waals surface area contributed by atoms with Crippen LogP contribution in [0.2, 0.25) is 0 Å². The van der Waals surface area contributed by atoms with Crippen molar-refractivity contribution in [2.75, 3.05) is 6.61 Å². The first-order valence-corrected chi connectivity index (χ1v) is 17.4. The van der Waals surface area contributed by atoms with Gasteiger partial charge in [0.25, 0.3) is 0 Å². The van der Waals surface area contributed by atoms with Gasteiger partial charge in [-0.15, -0.1) is 0 Å². The van der Waals surface area contributed by atoms with Crippen molar-refractivity contribution in [2.45, 2.75) is 129 Å². The summed E-state index contributed by atoms with van der Waals surface area (Å²) >= 11 is 0. The normalized spacial score (nSPS) is 16.9. The van der Waals surface area contributed by atoms with Gasteiger partial charge in [-0.1, -0.05) is 140 Å². The van der Waals surface area contributed by atoms with E-state index in [1.165, 1.54) is 126 Å². The fourth-order valence-electron chi connectivity index (χ4n) is 6.71. The van der Waals surface area contributed by atoms with Crippen molar-refractivity contribution in [1.82, 2.24) is 9.97 Å². The molecule has 42 heavy (non-hydrogen) atoms. The van der Waals surface area contributed by atoms with Crippen molar-refractivity contribution in [3.8, 4) is 28.3 Å². The Kier molecular flexibility index (Phi) is 14.4. The molecule has 0 aliphatic heterocycles. The third kappa shape index (κ3) is 10.9. The fraction of sp³-hybridized carbons (Fsp3) is 0.590. The van der Waals surface area contributed by atoms with Crippen molar-refractivity contribution in [3.63, 3.8) is 0 Å². The monoisotopic (exact) mass is 568 g/mol. The number of nitrogens with zero attached hydrogens (tertiary/aromatic N) is 2. The number of aryl methyl sites for hydroxylation is 1. The molecule has 1 aromatic heterocycles. The topological polar surface area (TPSA) is 35.0 Å². The van der Waals surface area contributed by atoms with E-state index in [1.807, 2.05) is 12.4 Å². The van der Waals surface area contributed by atoms with Crippen LogP contribution in [0.1, 0.15) is 129 Å². The molecule has 0 bridgehead atoms.